The minimum absolute atomic E-state index is 0.195. The first kappa shape index (κ1) is 17.4. The van der Waals surface area contributed by atoms with Crippen LogP contribution in [0.15, 0.2) is 0 Å². The van der Waals surface area contributed by atoms with Crippen LogP contribution in [0.4, 0.5) is 0 Å². The number of carbonyl (C=O) groups is 1. The van der Waals surface area contributed by atoms with E-state index in [-0.39, 0.29) is 11.1 Å². The van der Waals surface area contributed by atoms with Crippen LogP contribution in [0, 0.1) is 0 Å². The van der Waals surface area contributed by atoms with Gasteiger partial charge in [0.2, 0.25) is 0 Å². The summed E-state index contributed by atoms with van der Waals surface area (Å²) >= 11 is 0. The fourth-order valence-electron chi connectivity index (χ4n) is 3.53. The Hall–Kier alpha value is -0.610. The molecular formula is C16H32N2O2. The van der Waals surface area contributed by atoms with Gasteiger partial charge in [0.1, 0.15) is 0 Å². The molecule has 0 aromatic heterocycles. The van der Waals surface area contributed by atoms with Crippen LogP contribution in [0.3, 0.4) is 0 Å². The first-order valence-corrected chi connectivity index (χ1v) is 7.95. The van der Waals surface area contributed by atoms with Gasteiger partial charge in [-0.3, -0.25) is 4.79 Å². The summed E-state index contributed by atoms with van der Waals surface area (Å²) in [7, 11) is 0. The van der Waals surface area contributed by atoms with Crippen molar-refractivity contribution in [3.05, 3.63) is 0 Å². The second-order valence-corrected chi connectivity index (χ2v) is 7.51. The maximum Gasteiger partial charge on any atom is 0.303 e. The van der Waals surface area contributed by atoms with Crippen molar-refractivity contribution < 1.29 is 9.90 Å². The van der Waals surface area contributed by atoms with E-state index in [0.29, 0.717) is 12.5 Å². The van der Waals surface area contributed by atoms with Gasteiger partial charge < -0.3 is 15.7 Å². The van der Waals surface area contributed by atoms with Gasteiger partial charge in [-0.2, -0.15) is 0 Å². The number of rotatable bonds is 8. The Morgan fingerprint density at radius 3 is 2.20 bits per heavy atom. The lowest BCUT2D eigenvalue weighted by atomic mass is 9.79. The van der Waals surface area contributed by atoms with E-state index in [4.69, 9.17) is 5.11 Å². The fraction of sp³-hybridized carbons (Fsp3) is 0.938. The summed E-state index contributed by atoms with van der Waals surface area (Å²) < 4.78 is 0. The Kier molecular flexibility index (Phi) is 6.46. The van der Waals surface area contributed by atoms with Gasteiger partial charge in [-0.25, -0.2) is 0 Å². The molecule has 0 saturated carbocycles. The summed E-state index contributed by atoms with van der Waals surface area (Å²) in [6.07, 6.45) is 6.73. The highest BCUT2D eigenvalue weighted by Gasteiger charge is 2.37. The predicted molar refractivity (Wildman–Crippen MR) is 83.0 cm³/mol. The number of carboxylic acids is 1. The minimum atomic E-state index is -0.678. The van der Waals surface area contributed by atoms with Crippen molar-refractivity contribution in [2.24, 2.45) is 0 Å². The highest BCUT2D eigenvalue weighted by Crippen LogP contribution is 2.28. The van der Waals surface area contributed by atoms with Gasteiger partial charge in [0, 0.05) is 23.5 Å². The van der Waals surface area contributed by atoms with Gasteiger partial charge in [0.25, 0.3) is 0 Å². The molecule has 3 N–H and O–H groups in total. The third-order valence-corrected chi connectivity index (χ3v) is 3.94. The summed E-state index contributed by atoms with van der Waals surface area (Å²) in [5.41, 5.74) is 0.391. The zero-order valence-electron chi connectivity index (χ0n) is 13.6. The van der Waals surface area contributed by atoms with Crippen LogP contribution >= 0.6 is 0 Å². The van der Waals surface area contributed by atoms with Crippen molar-refractivity contribution in [2.45, 2.75) is 89.8 Å². The molecule has 20 heavy (non-hydrogen) atoms. The molecule has 0 bridgehead atoms. The van der Waals surface area contributed by atoms with Crippen molar-refractivity contribution in [1.82, 2.24) is 10.6 Å². The number of aliphatic carboxylic acids is 1. The van der Waals surface area contributed by atoms with Crippen molar-refractivity contribution in [3.8, 4) is 0 Å². The summed E-state index contributed by atoms with van der Waals surface area (Å²) in [5, 5.41) is 15.9. The monoisotopic (exact) mass is 284 g/mol. The Morgan fingerprint density at radius 1 is 1.10 bits per heavy atom. The molecule has 0 spiro atoms. The largest absolute Gasteiger partial charge is 0.481 e. The number of hydrogen-bond donors (Lipinski definition) is 3. The second kappa shape index (κ2) is 7.41. The number of hydrogen-bond acceptors (Lipinski definition) is 3. The lowest BCUT2D eigenvalue weighted by Crippen LogP contribution is -2.61. The highest BCUT2D eigenvalue weighted by atomic mass is 16.4. The summed E-state index contributed by atoms with van der Waals surface area (Å²) in [4.78, 5) is 10.4. The van der Waals surface area contributed by atoms with E-state index in [1.54, 1.807) is 0 Å². The summed E-state index contributed by atoms with van der Waals surface area (Å²) in [5.74, 6) is -0.678. The molecule has 118 valence electrons. The van der Waals surface area contributed by atoms with Crippen LogP contribution in [0.1, 0.15) is 72.6 Å². The van der Waals surface area contributed by atoms with E-state index in [9.17, 15) is 4.79 Å². The normalized spacial score (nSPS) is 21.8. The molecular weight excluding hydrogens is 252 g/mol. The fourth-order valence-corrected chi connectivity index (χ4v) is 3.53. The van der Waals surface area contributed by atoms with E-state index < -0.39 is 5.97 Å². The molecule has 4 heteroatoms. The number of piperidine rings is 1. The van der Waals surface area contributed by atoms with E-state index in [1.165, 1.54) is 0 Å². The first-order chi connectivity index (χ1) is 9.20. The molecule has 0 atom stereocenters. The molecule has 0 aliphatic carbocycles. The maximum atomic E-state index is 10.4. The average molecular weight is 284 g/mol. The number of nitrogens with one attached hydrogen (secondary N) is 2. The van der Waals surface area contributed by atoms with Crippen LogP contribution in [-0.2, 0) is 4.79 Å². The van der Waals surface area contributed by atoms with Gasteiger partial charge in [0.15, 0.2) is 0 Å². The molecule has 1 aliphatic rings. The molecule has 1 heterocycles. The SMILES string of the molecule is CC1(C)CC(NCCCCCCC(=O)O)CC(C)(C)N1. The Labute approximate surface area is 123 Å². The Morgan fingerprint density at radius 2 is 1.65 bits per heavy atom. The minimum Gasteiger partial charge on any atom is -0.481 e. The molecule has 1 fully saturated rings. The van der Waals surface area contributed by atoms with Crippen molar-refractivity contribution in [2.75, 3.05) is 6.54 Å². The van der Waals surface area contributed by atoms with E-state index >= 15 is 0 Å². The van der Waals surface area contributed by atoms with Crippen LogP contribution in [0.2, 0.25) is 0 Å². The molecule has 1 saturated heterocycles. The molecule has 0 aromatic carbocycles. The molecule has 4 nitrogen and oxygen atoms in total. The van der Waals surface area contributed by atoms with Gasteiger partial charge in [-0.1, -0.05) is 12.8 Å². The average Bonchev–Trinajstić information content (AvgIpc) is 2.22. The quantitative estimate of drug-likeness (QED) is 0.600. The molecule has 0 radical (unpaired) electrons. The summed E-state index contributed by atoms with van der Waals surface area (Å²) in [6, 6.07) is 0.584. The Balaban J connectivity index is 2.14. The zero-order chi connectivity index (χ0) is 15.2. The van der Waals surface area contributed by atoms with Crippen LogP contribution in [-0.4, -0.2) is 34.7 Å². The molecule has 1 rings (SSSR count). The van der Waals surface area contributed by atoms with Crippen LogP contribution in [0.5, 0.6) is 0 Å². The topological polar surface area (TPSA) is 61.4 Å². The van der Waals surface area contributed by atoms with Crippen molar-refractivity contribution >= 4 is 5.97 Å². The van der Waals surface area contributed by atoms with Crippen molar-refractivity contribution in [3.63, 3.8) is 0 Å². The lowest BCUT2D eigenvalue weighted by Gasteiger charge is -2.46. The Bertz CT molecular complexity index is 298. The van der Waals surface area contributed by atoms with Crippen LogP contribution in [0.25, 0.3) is 0 Å². The second-order valence-electron chi connectivity index (χ2n) is 7.51. The summed E-state index contributed by atoms with van der Waals surface area (Å²) in [6.45, 7) is 10.1. The van der Waals surface area contributed by atoms with Crippen LogP contribution < -0.4 is 10.6 Å². The molecule has 1 aliphatic heterocycles. The van der Waals surface area contributed by atoms with E-state index in [1.807, 2.05) is 0 Å². The number of unbranched alkanes of at least 4 members (excludes halogenated alkanes) is 3. The van der Waals surface area contributed by atoms with Crippen molar-refractivity contribution in [1.29, 1.82) is 0 Å². The van der Waals surface area contributed by atoms with Gasteiger partial charge in [-0.05, 0) is 59.9 Å². The predicted octanol–water partition coefficient (Wildman–Crippen LogP) is 2.92. The standard InChI is InChI=1S/C16H32N2O2/c1-15(2)11-13(12-16(3,4)18-15)17-10-8-6-5-7-9-14(19)20/h13,17-18H,5-12H2,1-4H3,(H,19,20). The molecule has 0 aromatic rings. The zero-order valence-corrected chi connectivity index (χ0v) is 13.6. The first-order valence-electron chi connectivity index (χ1n) is 7.95. The van der Waals surface area contributed by atoms with Gasteiger partial charge >= 0.3 is 5.97 Å². The molecule has 0 unspecified atom stereocenters. The van der Waals surface area contributed by atoms with Gasteiger partial charge in [-0.15, -0.1) is 0 Å². The maximum absolute atomic E-state index is 10.4. The van der Waals surface area contributed by atoms with E-state index in [0.717, 1.165) is 45.1 Å². The van der Waals surface area contributed by atoms with E-state index in [2.05, 4.69) is 38.3 Å². The third kappa shape index (κ3) is 7.25. The highest BCUT2D eigenvalue weighted by molar-refractivity contribution is 5.66. The lowest BCUT2D eigenvalue weighted by molar-refractivity contribution is -0.137. The smallest absolute Gasteiger partial charge is 0.303 e. The van der Waals surface area contributed by atoms with Gasteiger partial charge in [0.05, 0.1) is 0 Å². The third-order valence-electron chi connectivity index (χ3n) is 3.94. The molecule has 0 amide bonds. The number of carboxylic acid groups (broad SMARTS) is 1.